The summed E-state index contributed by atoms with van der Waals surface area (Å²) in [5.74, 6) is -1.77. The van der Waals surface area contributed by atoms with Crippen molar-refractivity contribution in [2.24, 2.45) is 11.8 Å². The zero-order valence-electron chi connectivity index (χ0n) is 30.0. The average Bonchev–Trinajstić information content (AvgIpc) is 3.03. The van der Waals surface area contributed by atoms with Gasteiger partial charge in [-0.3, -0.25) is 24.0 Å². The van der Waals surface area contributed by atoms with Crippen LogP contribution in [-0.2, 0) is 39.4 Å². The maximum atomic E-state index is 13.6. The first kappa shape index (κ1) is 43.0. The van der Waals surface area contributed by atoms with Crippen molar-refractivity contribution >= 4 is 37.7 Å². The highest BCUT2D eigenvalue weighted by molar-refractivity contribution is 7.44. The van der Waals surface area contributed by atoms with Crippen molar-refractivity contribution in [2.45, 2.75) is 124 Å². The van der Waals surface area contributed by atoms with Crippen LogP contribution in [-0.4, -0.2) is 71.7 Å². The van der Waals surface area contributed by atoms with Crippen LogP contribution in [0.5, 0.6) is 0 Å². The lowest BCUT2D eigenvalue weighted by Gasteiger charge is -2.35. The molecule has 0 aliphatic heterocycles. The molecule has 12 heteroatoms. The van der Waals surface area contributed by atoms with E-state index in [1.54, 1.807) is 6.92 Å². The van der Waals surface area contributed by atoms with Crippen LogP contribution in [0.1, 0.15) is 105 Å². The van der Waals surface area contributed by atoms with Crippen molar-refractivity contribution in [3.8, 4) is 6.07 Å². The molecule has 1 rings (SSSR count). The highest BCUT2D eigenvalue weighted by Crippen LogP contribution is 2.46. The van der Waals surface area contributed by atoms with Crippen LogP contribution in [0.4, 0.5) is 0 Å². The summed E-state index contributed by atoms with van der Waals surface area (Å²) in [6.45, 7) is 14.3. The van der Waals surface area contributed by atoms with Crippen molar-refractivity contribution < 1.29 is 33.0 Å². The van der Waals surface area contributed by atoms with E-state index in [1.165, 1.54) is 0 Å². The van der Waals surface area contributed by atoms with Gasteiger partial charge in [0.05, 0.1) is 38.3 Å². The van der Waals surface area contributed by atoms with E-state index in [-0.39, 0.29) is 98.8 Å². The predicted molar refractivity (Wildman–Crippen MR) is 188 cm³/mol. The second-order valence-corrected chi connectivity index (χ2v) is 14.4. The first-order valence-corrected chi connectivity index (χ1v) is 18.3. The molecule has 0 radical (unpaired) electrons. The van der Waals surface area contributed by atoms with Gasteiger partial charge in [-0.05, 0) is 58.4 Å². The van der Waals surface area contributed by atoms with Gasteiger partial charge in [-0.1, -0.05) is 51.1 Å². The number of hydrogen-bond donors (Lipinski definition) is 2. The molecule has 0 aliphatic rings. The van der Waals surface area contributed by atoms with Gasteiger partial charge in [-0.2, -0.15) is 5.26 Å². The van der Waals surface area contributed by atoms with E-state index in [4.69, 9.17) is 14.3 Å². The van der Waals surface area contributed by atoms with Crippen LogP contribution < -0.4 is 10.6 Å². The number of hydrogen-bond acceptors (Lipinski definition) is 9. The van der Waals surface area contributed by atoms with Gasteiger partial charge in [0.1, 0.15) is 5.78 Å². The number of carbonyl (C=O) groups is 5. The first-order chi connectivity index (χ1) is 22.8. The monoisotopic (exact) mass is 688 g/mol. The van der Waals surface area contributed by atoms with Gasteiger partial charge in [0.15, 0.2) is 11.6 Å². The number of benzene rings is 1. The van der Waals surface area contributed by atoms with Crippen LogP contribution >= 0.6 is 8.53 Å². The third kappa shape index (κ3) is 17.9. The number of carbonyl (C=O) groups excluding carboxylic acids is 5. The van der Waals surface area contributed by atoms with Gasteiger partial charge in [0.25, 0.3) is 8.53 Å². The van der Waals surface area contributed by atoms with Gasteiger partial charge < -0.3 is 19.7 Å². The van der Waals surface area contributed by atoms with Gasteiger partial charge in [0.2, 0.25) is 11.8 Å². The fourth-order valence-electron chi connectivity index (χ4n) is 5.17. The van der Waals surface area contributed by atoms with E-state index in [2.05, 4.69) is 49.1 Å². The van der Waals surface area contributed by atoms with E-state index < -0.39 is 20.5 Å². The maximum absolute atomic E-state index is 13.6. The van der Waals surface area contributed by atoms with Crippen LogP contribution in [0.25, 0.3) is 0 Å². The van der Waals surface area contributed by atoms with Crippen LogP contribution in [0, 0.1) is 23.2 Å². The third-order valence-corrected chi connectivity index (χ3v) is 9.64. The molecule has 3 atom stereocenters. The fraction of sp³-hybridized carbons (Fsp3) is 0.667. The Balaban J connectivity index is 2.79. The number of Topliss-reactive ketones (excluding diaryl/α,β-unsaturated/α-hetero) is 3. The van der Waals surface area contributed by atoms with Gasteiger partial charge in [0, 0.05) is 50.1 Å². The van der Waals surface area contributed by atoms with E-state index in [1.807, 2.05) is 44.2 Å². The van der Waals surface area contributed by atoms with Crippen molar-refractivity contribution in [3.05, 3.63) is 35.9 Å². The summed E-state index contributed by atoms with van der Waals surface area (Å²) in [5, 5.41) is 14.4. The Kier molecular flexibility index (Phi) is 21.6. The molecule has 11 nitrogen and oxygen atoms in total. The number of ketones is 3. The van der Waals surface area contributed by atoms with E-state index in [0.29, 0.717) is 25.9 Å². The number of nitrogens with one attached hydrogen (secondary N) is 2. The largest absolute Gasteiger partial charge is 0.349 e. The molecule has 0 aliphatic carbocycles. The quantitative estimate of drug-likeness (QED) is 0.0901. The minimum atomic E-state index is -1.40. The summed E-state index contributed by atoms with van der Waals surface area (Å²) in [5.41, 5.74) is 0.864. The van der Waals surface area contributed by atoms with Crippen LogP contribution in [0.15, 0.2) is 30.3 Å². The molecular formula is C36H57N4O7P. The summed E-state index contributed by atoms with van der Waals surface area (Å²) in [6, 6.07) is 10.9. The van der Waals surface area contributed by atoms with Crippen molar-refractivity contribution in [1.82, 2.24) is 15.3 Å². The van der Waals surface area contributed by atoms with Crippen LogP contribution in [0.2, 0.25) is 0 Å². The summed E-state index contributed by atoms with van der Waals surface area (Å²) in [4.78, 5) is 64.0. The SMILES string of the molecule is CCC(=O)CCC(=O)NC(Cc1ccccc1)C(=O)CC(CC(C)C)C(=O)NCC(=O)CCCOP(OCCC#N)N(C(C)C)C(C)C. The molecule has 0 spiro atoms. The molecule has 1 aromatic carbocycles. The van der Waals surface area contributed by atoms with Crippen LogP contribution in [0.3, 0.4) is 0 Å². The lowest BCUT2D eigenvalue weighted by Crippen LogP contribution is -2.44. The zero-order chi connectivity index (χ0) is 36.1. The molecule has 0 bridgehead atoms. The molecule has 268 valence electrons. The Bertz CT molecular complexity index is 1180. The highest BCUT2D eigenvalue weighted by atomic mass is 31.2. The second-order valence-electron chi connectivity index (χ2n) is 12.9. The normalized spacial score (nSPS) is 13.3. The first-order valence-electron chi connectivity index (χ1n) is 17.2. The summed E-state index contributed by atoms with van der Waals surface area (Å²) in [7, 11) is -1.40. The molecule has 48 heavy (non-hydrogen) atoms. The molecule has 0 fully saturated rings. The molecule has 0 heterocycles. The molecule has 3 unspecified atom stereocenters. The predicted octanol–water partition coefficient (Wildman–Crippen LogP) is 5.85. The van der Waals surface area contributed by atoms with Crippen molar-refractivity contribution in [1.29, 1.82) is 5.26 Å². The number of rotatable bonds is 26. The fourth-order valence-corrected chi connectivity index (χ4v) is 6.80. The molecule has 0 aromatic heterocycles. The van der Waals surface area contributed by atoms with Gasteiger partial charge in [-0.25, -0.2) is 4.67 Å². The lowest BCUT2D eigenvalue weighted by molar-refractivity contribution is -0.133. The molecule has 2 amide bonds. The van der Waals surface area contributed by atoms with Crippen molar-refractivity contribution in [3.63, 3.8) is 0 Å². The Labute approximate surface area is 288 Å². The lowest BCUT2D eigenvalue weighted by atomic mass is 9.88. The standard InChI is InChI=1S/C36H57N4O7P/c1-8-31(41)17-18-35(44)39-33(23-29-14-10-9-11-15-29)34(43)24-30(22-26(2)3)36(45)38-25-32(42)16-12-20-46-48(47-21-13-19-37)40(27(4)5)28(6)7/h9-11,14-15,26-28,30,33H,8,12-13,16-18,20-25H2,1-7H3,(H,38,45)(H,39,44). The smallest absolute Gasteiger partial charge is 0.259 e. The molecular weight excluding hydrogens is 631 g/mol. The maximum Gasteiger partial charge on any atom is 0.259 e. The Morgan fingerprint density at radius 2 is 1.54 bits per heavy atom. The Morgan fingerprint density at radius 1 is 0.896 bits per heavy atom. The Hall–Kier alpha value is -3.03. The molecule has 2 N–H and O–H groups in total. The van der Waals surface area contributed by atoms with E-state index in [9.17, 15) is 24.0 Å². The summed E-state index contributed by atoms with van der Waals surface area (Å²) < 4.78 is 14.0. The molecule has 1 aromatic rings. The average molecular weight is 689 g/mol. The number of nitriles is 1. The molecule has 0 saturated heterocycles. The summed E-state index contributed by atoms with van der Waals surface area (Å²) >= 11 is 0. The Morgan fingerprint density at radius 3 is 2.12 bits per heavy atom. The van der Waals surface area contributed by atoms with E-state index >= 15 is 0 Å². The van der Waals surface area contributed by atoms with Gasteiger partial charge >= 0.3 is 0 Å². The third-order valence-electron chi connectivity index (χ3n) is 7.53. The second kappa shape index (κ2) is 24.2. The summed E-state index contributed by atoms with van der Waals surface area (Å²) in [6.07, 6.45) is 1.97. The van der Waals surface area contributed by atoms with Crippen molar-refractivity contribution in [2.75, 3.05) is 19.8 Å². The topological polar surface area (TPSA) is 155 Å². The minimum absolute atomic E-state index is 0.00208. The van der Waals surface area contributed by atoms with E-state index in [0.717, 1.165) is 5.56 Å². The number of nitrogens with zero attached hydrogens (tertiary/aromatic N) is 2. The van der Waals surface area contributed by atoms with Gasteiger partial charge in [-0.15, -0.1) is 0 Å². The molecule has 0 saturated carbocycles. The minimum Gasteiger partial charge on any atom is -0.349 e. The highest BCUT2D eigenvalue weighted by Gasteiger charge is 2.29. The zero-order valence-corrected chi connectivity index (χ0v) is 30.9. The number of amides is 2.